The number of anilines is 1. The van der Waals surface area contributed by atoms with Crippen molar-refractivity contribution in [2.75, 3.05) is 17.2 Å². The molecule has 0 aliphatic rings. The van der Waals surface area contributed by atoms with Crippen molar-refractivity contribution in [3.05, 3.63) is 72.3 Å². The Hall–Kier alpha value is -2.86. The number of para-hydroxylation sites is 1. The first-order valence-corrected chi connectivity index (χ1v) is 9.56. The fourth-order valence-corrected chi connectivity index (χ4v) is 3.41. The van der Waals surface area contributed by atoms with Crippen molar-refractivity contribution in [3.8, 4) is 11.5 Å². The number of benzene rings is 2. The van der Waals surface area contributed by atoms with Gasteiger partial charge in [-0.05, 0) is 38.1 Å². The van der Waals surface area contributed by atoms with Gasteiger partial charge in [0.25, 0.3) is 5.22 Å². The van der Waals surface area contributed by atoms with Crippen molar-refractivity contribution in [2.24, 2.45) is 0 Å². The van der Waals surface area contributed by atoms with Crippen LogP contribution in [0, 0.1) is 13.8 Å². The number of amides is 1. The second-order valence-electron chi connectivity index (χ2n) is 6.17. The largest absolute Gasteiger partial charge is 0.411 e. The van der Waals surface area contributed by atoms with Crippen LogP contribution in [0.3, 0.4) is 0 Å². The molecular formula is C21H21N3O2S. The first kappa shape index (κ1) is 18.9. The molecular weight excluding hydrogens is 358 g/mol. The van der Waals surface area contributed by atoms with Crippen molar-refractivity contribution in [3.63, 3.8) is 0 Å². The highest BCUT2D eigenvalue weighted by Gasteiger charge is 2.17. The van der Waals surface area contributed by atoms with Crippen LogP contribution in [0.25, 0.3) is 11.5 Å². The molecule has 0 radical (unpaired) electrons. The highest BCUT2D eigenvalue weighted by atomic mass is 32.2. The van der Waals surface area contributed by atoms with Gasteiger partial charge < -0.3 is 9.32 Å². The van der Waals surface area contributed by atoms with Gasteiger partial charge in [-0.3, -0.25) is 4.79 Å². The molecule has 3 aromatic rings. The molecule has 2 aromatic carbocycles. The van der Waals surface area contributed by atoms with Gasteiger partial charge in [0.2, 0.25) is 11.8 Å². The molecule has 0 aliphatic heterocycles. The van der Waals surface area contributed by atoms with E-state index in [1.54, 1.807) is 11.0 Å². The first-order valence-electron chi connectivity index (χ1n) is 8.58. The van der Waals surface area contributed by atoms with Crippen LogP contribution in [0.1, 0.15) is 11.1 Å². The summed E-state index contributed by atoms with van der Waals surface area (Å²) in [5.74, 6) is 0.622. The van der Waals surface area contributed by atoms with Crippen LogP contribution in [0.15, 0.2) is 70.8 Å². The molecule has 0 saturated carbocycles. The molecule has 1 heterocycles. The normalized spacial score (nSPS) is 10.6. The summed E-state index contributed by atoms with van der Waals surface area (Å²) in [6, 6.07) is 15.6. The van der Waals surface area contributed by atoms with E-state index in [9.17, 15) is 4.79 Å². The van der Waals surface area contributed by atoms with E-state index < -0.39 is 0 Å². The molecule has 5 nitrogen and oxygen atoms in total. The minimum Gasteiger partial charge on any atom is -0.411 e. The summed E-state index contributed by atoms with van der Waals surface area (Å²) in [5.41, 5.74) is 3.99. The molecule has 0 saturated heterocycles. The zero-order chi connectivity index (χ0) is 19.2. The predicted molar refractivity (Wildman–Crippen MR) is 109 cm³/mol. The highest BCUT2D eigenvalue weighted by molar-refractivity contribution is 7.99. The molecule has 1 amide bonds. The summed E-state index contributed by atoms with van der Waals surface area (Å²) >= 11 is 1.24. The van der Waals surface area contributed by atoms with Crippen LogP contribution in [0.4, 0.5) is 5.69 Å². The Balaban J connectivity index is 1.68. The zero-order valence-corrected chi connectivity index (χ0v) is 16.2. The molecule has 0 aliphatic carbocycles. The summed E-state index contributed by atoms with van der Waals surface area (Å²) < 4.78 is 5.73. The molecule has 0 spiro atoms. The second-order valence-corrected chi connectivity index (χ2v) is 7.09. The first-order chi connectivity index (χ1) is 13.1. The second kappa shape index (κ2) is 8.68. The lowest BCUT2D eigenvalue weighted by Crippen LogP contribution is -2.32. The number of carbonyl (C=O) groups is 1. The summed E-state index contributed by atoms with van der Waals surface area (Å²) in [5, 5.41) is 8.54. The Morgan fingerprint density at radius 3 is 2.52 bits per heavy atom. The minimum atomic E-state index is -0.0442. The van der Waals surface area contributed by atoms with Gasteiger partial charge in [-0.2, -0.15) is 0 Å². The maximum atomic E-state index is 12.6. The third-order valence-electron chi connectivity index (χ3n) is 3.87. The minimum absolute atomic E-state index is 0.0442. The van der Waals surface area contributed by atoms with Gasteiger partial charge in [0.1, 0.15) is 0 Å². The van der Waals surface area contributed by atoms with Crippen molar-refractivity contribution < 1.29 is 9.21 Å². The fraction of sp³-hybridized carbons (Fsp3) is 0.190. The van der Waals surface area contributed by atoms with E-state index in [1.807, 2.05) is 56.3 Å². The number of rotatable bonds is 7. The van der Waals surface area contributed by atoms with Gasteiger partial charge in [-0.1, -0.05) is 53.2 Å². The van der Waals surface area contributed by atoms with E-state index in [1.165, 1.54) is 11.8 Å². The molecule has 0 atom stereocenters. The van der Waals surface area contributed by atoms with Crippen LogP contribution < -0.4 is 4.90 Å². The average Bonchev–Trinajstić information content (AvgIpc) is 3.13. The van der Waals surface area contributed by atoms with E-state index >= 15 is 0 Å². The van der Waals surface area contributed by atoms with Gasteiger partial charge in [0.05, 0.1) is 5.75 Å². The van der Waals surface area contributed by atoms with E-state index in [4.69, 9.17) is 4.42 Å². The average molecular weight is 379 g/mol. The van der Waals surface area contributed by atoms with Gasteiger partial charge in [-0.15, -0.1) is 16.8 Å². The molecule has 0 fully saturated rings. The smallest absolute Gasteiger partial charge is 0.277 e. The molecule has 27 heavy (non-hydrogen) atoms. The standard InChI is InChI=1S/C21H21N3O2S/c1-4-10-24(18-8-6-5-7-9-18)19(25)14-27-21-23-22-20(26-21)17-12-15(2)11-16(3)13-17/h4-9,11-13H,1,10,14H2,2-3H3. The SMILES string of the molecule is C=CCN(C(=O)CSc1nnc(-c2cc(C)cc(C)c2)o1)c1ccccc1. The number of aromatic nitrogens is 2. The Bertz CT molecular complexity index is 917. The van der Waals surface area contributed by atoms with Crippen molar-refractivity contribution in [2.45, 2.75) is 19.1 Å². The lowest BCUT2D eigenvalue weighted by molar-refractivity contribution is -0.116. The molecule has 138 valence electrons. The van der Waals surface area contributed by atoms with Crippen LogP contribution in [-0.2, 0) is 4.79 Å². The highest BCUT2D eigenvalue weighted by Crippen LogP contribution is 2.25. The Morgan fingerprint density at radius 1 is 1.15 bits per heavy atom. The number of hydrogen-bond donors (Lipinski definition) is 0. The Morgan fingerprint density at radius 2 is 1.85 bits per heavy atom. The molecule has 6 heteroatoms. The van der Waals surface area contributed by atoms with Crippen LogP contribution >= 0.6 is 11.8 Å². The quantitative estimate of drug-likeness (QED) is 0.441. The lowest BCUT2D eigenvalue weighted by Gasteiger charge is -2.20. The number of hydrogen-bond acceptors (Lipinski definition) is 5. The lowest BCUT2D eigenvalue weighted by atomic mass is 10.1. The third kappa shape index (κ3) is 4.86. The predicted octanol–water partition coefficient (Wildman–Crippen LogP) is 4.66. The molecule has 0 N–H and O–H groups in total. The van der Waals surface area contributed by atoms with Crippen LogP contribution in [-0.4, -0.2) is 28.4 Å². The van der Waals surface area contributed by atoms with Gasteiger partial charge in [0.15, 0.2) is 0 Å². The summed E-state index contributed by atoms with van der Waals surface area (Å²) in [6.07, 6.45) is 1.71. The third-order valence-corrected chi connectivity index (χ3v) is 4.68. The van der Waals surface area contributed by atoms with E-state index in [2.05, 4.69) is 22.8 Å². The van der Waals surface area contributed by atoms with Crippen LogP contribution in [0.5, 0.6) is 0 Å². The number of aryl methyl sites for hydroxylation is 2. The van der Waals surface area contributed by atoms with Gasteiger partial charge >= 0.3 is 0 Å². The van der Waals surface area contributed by atoms with Gasteiger partial charge in [0, 0.05) is 17.8 Å². The van der Waals surface area contributed by atoms with Crippen molar-refractivity contribution in [1.82, 2.24) is 10.2 Å². The Labute approximate surface area is 163 Å². The summed E-state index contributed by atoms with van der Waals surface area (Å²) in [6.45, 7) is 8.24. The molecule has 0 unspecified atom stereocenters. The van der Waals surface area contributed by atoms with Crippen LogP contribution in [0.2, 0.25) is 0 Å². The monoisotopic (exact) mass is 379 g/mol. The van der Waals surface area contributed by atoms with E-state index in [-0.39, 0.29) is 11.7 Å². The number of thioether (sulfide) groups is 1. The summed E-state index contributed by atoms with van der Waals surface area (Å²) in [7, 11) is 0. The van der Waals surface area contributed by atoms with Crippen molar-refractivity contribution >= 4 is 23.4 Å². The Kier molecular flexibility index (Phi) is 6.08. The molecule has 0 bridgehead atoms. The van der Waals surface area contributed by atoms with E-state index in [0.29, 0.717) is 17.7 Å². The van der Waals surface area contributed by atoms with Gasteiger partial charge in [-0.25, -0.2) is 0 Å². The number of nitrogens with zero attached hydrogens (tertiary/aromatic N) is 3. The number of carbonyl (C=O) groups excluding carboxylic acids is 1. The van der Waals surface area contributed by atoms with E-state index in [0.717, 1.165) is 22.4 Å². The maximum absolute atomic E-state index is 12.6. The molecule has 3 rings (SSSR count). The fourth-order valence-electron chi connectivity index (χ4n) is 2.77. The van der Waals surface area contributed by atoms with Crippen molar-refractivity contribution in [1.29, 1.82) is 0 Å². The summed E-state index contributed by atoms with van der Waals surface area (Å²) in [4.78, 5) is 14.3. The maximum Gasteiger partial charge on any atom is 0.277 e. The topological polar surface area (TPSA) is 59.2 Å². The zero-order valence-electron chi connectivity index (χ0n) is 15.4. The molecule has 1 aromatic heterocycles.